The molecule has 0 atom stereocenters. The molecule has 0 saturated heterocycles. The first-order chi connectivity index (χ1) is 12.0. The number of anilines is 1. The number of hydrogen-bond donors (Lipinski definition) is 1. The zero-order chi connectivity index (χ0) is 18.0. The van der Waals surface area contributed by atoms with Gasteiger partial charge in [-0.3, -0.25) is 9.78 Å². The molecule has 25 heavy (non-hydrogen) atoms. The van der Waals surface area contributed by atoms with E-state index in [4.69, 9.17) is 16.3 Å². The fraction of sp³-hybridized carbons (Fsp3) is 0.167. The van der Waals surface area contributed by atoms with E-state index in [1.54, 1.807) is 24.4 Å². The van der Waals surface area contributed by atoms with Crippen LogP contribution in [-0.2, 0) is 4.79 Å². The van der Waals surface area contributed by atoms with Crippen molar-refractivity contribution in [3.05, 3.63) is 51.5 Å². The molecule has 3 rings (SSSR count). The Morgan fingerprint density at radius 3 is 2.96 bits per heavy atom. The Morgan fingerprint density at radius 1 is 1.40 bits per heavy atom. The molecule has 0 aliphatic heterocycles. The number of aryl methyl sites for hydroxylation is 1. The van der Waals surface area contributed by atoms with Crippen LogP contribution in [0.3, 0.4) is 0 Å². The lowest BCUT2D eigenvalue weighted by atomic mass is 10.2. The number of hydrogen-bond acceptors (Lipinski definition) is 5. The molecule has 0 saturated carbocycles. The van der Waals surface area contributed by atoms with Crippen molar-refractivity contribution in [2.24, 2.45) is 0 Å². The first kappa shape index (κ1) is 17.2. The van der Waals surface area contributed by atoms with Gasteiger partial charge in [-0.1, -0.05) is 11.6 Å². The van der Waals surface area contributed by atoms with Crippen molar-refractivity contribution in [2.45, 2.75) is 13.8 Å². The number of nitriles is 1. The maximum Gasteiger partial charge on any atom is 0.262 e. The monoisotopic (exact) mass is 371 g/mol. The third kappa shape index (κ3) is 3.43. The third-order valence-electron chi connectivity index (χ3n) is 3.79. The number of nitrogens with one attached hydrogen (secondary N) is 1. The summed E-state index contributed by atoms with van der Waals surface area (Å²) in [7, 11) is 0. The Labute approximate surface area is 153 Å². The van der Waals surface area contributed by atoms with Crippen molar-refractivity contribution in [1.29, 1.82) is 5.26 Å². The summed E-state index contributed by atoms with van der Waals surface area (Å²) >= 11 is 7.53. The number of carbonyl (C=O) groups is 1. The number of aromatic nitrogens is 1. The molecular formula is C18H14ClN3O2S. The van der Waals surface area contributed by atoms with Crippen LogP contribution in [0.25, 0.3) is 10.9 Å². The summed E-state index contributed by atoms with van der Waals surface area (Å²) in [4.78, 5) is 17.5. The van der Waals surface area contributed by atoms with E-state index in [-0.39, 0.29) is 12.5 Å². The number of nitrogens with zero attached hydrogens (tertiary/aromatic N) is 2. The van der Waals surface area contributed by atoms with Crippen LogP contribution >= 0.6 is 22.9 Å². The minimum Gasteiger partial charge on any atom is -0.481 e. The number of thiophene rings is 1. The normalized spacial score (nSPS) is 10.5. The van der Waals surface area contributed by atoms with Crippen molar-refractivity contribution >= 4 is 44.7 Å². The summed E-state index contributed by atoms with van der Waals surface area (Å²) in [5.74, 6) is 0.144. The van der Waals surface area contributed by atoms with Gasteiger partial charge in [-0.05, 0) is 43.7 Å². The van der Waals surface area contributed by atoms with Crippen molar-refractivity contribution in [3.8, 4) is 11.8 Å². The number of carbonyl (C=O) groups excluding carboxylic acids is 1. The number of fused-ring (bicyclic) bond motifs is 1. The van der Waals surface area contributed by atoms with Crippen molar-refractivity contribution in [1.82, 2.24) is 4.98 Å². The Kier molecular flexibility index (Phi) is 4.88. The topological polar surface area (TPSA) is 75.0 Å². The molecule has 0 spiro atoms. The highest BCUT2D eigenvalue weighted by Gasteiger charge is 2.15. The zero-order valence-corrected chi connectivity index (χ0v) is 15.2. The second kappa shape index (κ2) is 7.09. The Bertz CT molecular complexity index is 1010. The van der Waals surface area contributed by atoms with E-state index < -0.39 is 0 Å². The summed E-state index contributed by atoms with van der Waals surface area (Å²) in [5, 5.41) is 13.9. The molecule has 1 amide bonds. The molecular weight excluding hydrogens is 358 g/mol. The molecule has 1 N–H and O–H groups in total. The van der Waals surface area contributed by atoms with Crippen LogP contribution in [0.2, 0.25) is 5.02 Å². The lowest BCUT2D eigenvalue weighted by Gasteiger charge is -2.09. The van der Waals surface area contributed by atoms with Crippen LogP contribution in [0.15, 0.2) is 30.5 Å². The molecule has 126 valence electrons. The molecule has 0 bridgehead atoms. The summed E-state index contributed by atoms with van der Waals surface area (Å²) in [6.07, 6.45) is 1.64. The first-order valence-corrected chi connectivity index (χ1v) is 8.66. The van der Waals surface area contributed by atoms with Gasteiger partial charge in [0.2, 0.25) is 0 Å². The maximum atomic E-state index is 12.2. The predicted molar refractivity (Wildman–Crippen MR) is 99.4 cm³/mol. The van der Waals surface area contributed by atoms with E-state index in [0.29, 0.717) is 26.9 Å². The zero-order valence-electron chi connectivity index (χ0n) is 13.6. The van der Waals surface area contributed by atoms with Gasteiger partial charge in [-0.15, -0.1) is 11.3 Å². The average Bonchev–Trinajstić information content (AvgIpc) is 2.87. The number of ether oxygens (including phenoxy) is 1. The molecule has 0 aliphatic rings. The number of rotatable bonds is 4. The highest BCUT2D eigenvalue weighted by molar-refractivity contribution is 7.16. The minimum atomic E-state index is -0.336. The predicted octanol–water partition coefficient (Wildman–Crippen LogP) is 4.46. The molecule has 2 aromatic heterocycles. The SMILES string of the molecule is Cc1sc(NC(=O)COc2ccc(Cl)c3cccnc23)c(C#N)c1C. The van der Waals surface area contributed by atoms with Crippen molar-refractivity contribution in [3.63, 3.8) is 0 Å². The van der Waals surface area contributed by atoms with E-state index in [1.165, 1.54) is 11.3 Å². The van der Waals surface area contributed by atoms with E-state index in [2.05, 4.69) is 16.4 Å². The van der Waals surface area contributed by atoms with Crippen LogP contribution in [0.5, 0.6) is 5.75 Å². The average molecular weight is 372 g/mol. The Hall–Kier alpha value is -2.62. The van der Waals surface area contributed by atoms with Crippen LogP contribution in [0, 0.1) is 25.2 Å². The lowest BCUT2D eigenvalue weighted by molar-refractivity contribution is -0.118. The molecule has 0 unspecified atom stereocenters. The minimum absolute atomic E-state index is 0.186. The number of pyridine rings is 1. The number of benzene rings is 1. The lowest BCUT2D eigenvalue weighted by Crippen LogP contribution is -2.20. The van der Waals surface area contributed by atoms with E-state index in [1.807, 2.05) is 19.9 Å². The molecule has 0 fully saturated rings. The second-order valence-electron chi connectivity index (χ2n) is 5.38. The number of halogens is 1. The van der Waals surface area contributed by atoms with Gasteiger partial charge in [0.25, 0.3) is 5.91 Å². The highest BCUT2D eigenvalue weighted by atomic mass is 35.5. The van der Waals surface area contributed by atoms with Gasteiger partial charge < -0.3 is 10.1 Å². The molecule has 3 aromatic rings. The molecule has 5 nitrogen and oxygen atoms in total. The molecule has 7 heteroatoms. The van der Waals surface area contributed by atoms with Crippen molar-refractivity contribution < 1.29 is 9.53 Å². The van der Waals surface area contributed by atoms with Gasteiger partial charge >= 0.3 is 0 Å². The smallest absolute Gasteiger partial charge is 0.262 e. The molecule has 1 aromatic carbocycles. The first-order valence-electron chi connectivity index (χ1n) is 7.47. The van der Waals surface area contributed by atoms with Crippen LogP contribution in [0.4, 0.5) is 5.00 Å². The Morgan fingerprint density at radius 2 is 2.20 bits per heavy atom. The fourth-order valence-corrected chi connectivity index (χ4v) is 3.63. The van der Waals surface area contributed by atoms with Gasteiger partial charge in [0.05, 0.1) is 10.6 Å². The van der Waals surface area contributed by atoms with Crippen LogP contribution in [0.1, 0.15) is 16.0 Å². The standard InChI is InChI=1S/C18H14ClN3O2S/c1-10-11(2)25-18(13(10)8-20)22-16(23)9-24-15-6-5-14(19)12-4-3-7-21-17(12)15/h3-7H,9H2,1-2H3,(H,22,23). The van der Waals surface area contributed by atoms with Crippen molar-refractivity contribution in [2.75, 3.05) is 11.9 Å². The summed E-state index contributed by atoms with van der Waals surface area (Å²) < 4.78 is 5.61. The Balaban J connectivity index is 1.75. The largest absolute Gasteiger partial charge is 0.481 e. The summed E-state index contributed by atoms with van der Waals surface area (Å²) in [6.45, 7) is 3.59. The summed E-state index contributed by atoms with van der Waals surface area (Å²) in [6, 6.07) is 9.15. The van der Waals surface area contributed by atoms with E-state index in [0.717, 1.165) is 15.8 Å². The third-order valence-corrected chi connectivity index (χ3v) is 5.24. The van der Waals surface area contributed by atoms with E-state index in [9.17, 15) is 10.1 Å². The fourth-order valence-electron chi connectivity index (χ4n) is 2.38. The molecule has 0 radical (unpaired) electrons. The van der Waals surface area contributed by atoms with Gasteiger partial charge in [0.1, 0.15) is 22.3 Å². The maximum absolute atomic E-state index is 12.2. The molecule has 2 heterocycles. The summed E-state index contributed by atoms with van der Waals surface area (Å²) in [5.41, 5.74) is 1.98. The highest BCUT2D eigenvalue weighted by Crippen LogP contribution is 2.32. The molecule has 0 aliphatic carbocycles. The van der Waals surface area contributed by atoms with E-state index >= 15 is 0 Å². The van der Waals surface area contributed by atoms with Gasteiger partial charge in [-0.2, -0.15) is 5.26 Å². The van der Waals surface area contributed by atoms with Gasteiger partial charge in [-0.25, -0.2) is 0 Å². The van der Waals surface area contributed by atoms with Gasteiger partial charge in [0, 0.05) is 16.5 Å². The second-order valence-corrected chi connectivity index (χ2v) is 7.01. The van der Waals surface area contributed by atoms with Crippen LogP contribution < -0.4 is 10.1 Å². The quantitative estimate of drug-likeness (QED) is 0.734. The van der Waals surface area contributed by atoms with Gasteiger partial charge in [0.15, 0.2) is 6.61 Å². The number of amides is 1. The van der Waals surface area contributed by atoms with Crippen LogP contribution in [-0.4, -0.2) is 17.5 Å².